The average Bonchev–Trinajstić information content (AvgIpc) is 3.33. The third kappa shape index (κ3) is 7.16. The summed E-state index contributed by atoms with van der Waals surface area (Å²) in [6.07, 6.45) is 0.161. The van der Waals surface area contributed by atoms with Gasteiger partial charge in [-0.15, -0.1) is 11.3 Å². The summed E-state index contributed by atoms with van der Waals surface area (Å²) in [4.78, 5) is 18.6. The highest BCUT2D eigenvalue weighted by molar-refractivity contribution is 7.10. The Morgan fingerprint density at radius 2 is 2.06 bits per heavy atom. The van der Waals surface area contributed by atoms with Crippen molar-refractivity contribution in [3.8, 4) is 11.5 Å². The second-order valence-corrected chi connectivity index (χ2v) is 9.16. The maximum Gasteiger partial charge on any atom is 0.237 e. The van der Waals surface area contributed by atoms with Crippen LogP contribution in [0.1, 0.15) is 23.4 Å². The quantitative estimate of drug-likeness (QED) is 0.434. The van der Waals surface area contributed by atoms with E-state index in [2.05, 4.69) is 11.4 Å². The van der Waals surface area contributed by atoms with Crippen LogP contribution in [0.4, 0.5) is 0 Å². The van der Waals surface area contributed by atoms with Crippen LogP contribution in [0.2, 0.25) is 0 Å². The maximum absolute atomic E-state index is 13.5. The van der Waals surface area contributed by atoms with Crippen LogP contribution < -0.4 is 9.47 Å². The molecule has 0 saturated heterocycles. The van der Waals surface area contributed by atoms with E-state index in [0.717, 1.165) is 12.0 Å². The Kier molecular flexibility index (Phi) is 10.6. The third-order valence-corrected chi connectivity index (χ3v) is 6.83. The van der Waals surface area contributed by atoms with E-state index in [-0.39, 0.29) is 25.1 Å². The van der Waals surface area contributed by atoms with Gasteiger partial charge >= 0.3 is 0 Å². The number of carbonyl (C=O) groups is 1. The Labute approximate surface area is 206 Å². The van der Waals surface area contributed by atoms with Crippen molar-refractivity contribution < 1.29 is 28.8 Å². The Hall–Kier alpha value is -2.17. The first-order valence-corrected chi connectivity index (χ1v) is 12.5. The van der Waals surface area contributed by atoms with E-state index in [1.165, 1.54) is 4.88 Å². The number of hydrogen-bond donors (Lipinski definition) is 1. The number of hydrogen-bond acceptors (Lipinski definition) is 8. The van der Waals surface area contributed by atoms with Gasteiger partial charge in [0, 0.05) is 38.2 Å². The van der Waals surface area contributed by atoms with Crippen LogP contribution in [0, 0.1) is 0 Å². The molecule has 3 rings (SSSR count). The van der Waals surface area contributed by atoms with Gasteiger partial charge < -0.3 is 29.0 Å². The summed E-state index contributed by atoms with van der Waals surface area (Å²) in [5.41, 5.74) is 1.14. The molecule has 0 aliphatic carbocycles. The largest absolute Gasteiger partial charge is 0.493 e. The molecule has 9 heteroatoms. The molecule has 0 saturated carbocycles. The van der Waals surface area contributed by atoms with Gasteiger partial charge in [-0.3, -0.25) is 9.69 Å². The van der Waals surface area contributed by atoms with Gasteiger partial charge in [-0.2, -0.15) is 0 Å². The Morgan fingerprint density at radius 3 is 2.79 bits per heavy atom. The van der Waals surface area contributed by atoms with E-state index in [9.17, 15) is 9.90 Å². The molecular weight excluding hydrogens is 456 g/mol. The molecule has 8 nitrogen and oxygen atoms in total. The number of para-hydroxylation sites is 2. The van der Waals surface area contributed by atoms with Gasteiger partial charge in [0.15, 0.2) is 11.5 Å². The molecule has 1 amide bonds. The highest BCUT2D eigenvalue weighted by atomic mass is 32.1. The predicted molar refractivity (Wildman–Crippen MR) is 132 cm³/mol. The Morgan fingerprint density at radius 1 is 1.26 bits per heavy atom. The van der Waals surface area contributed by atoms with Gasteiger partial charge in [0.1, 0.15) is 6.61 Å². The monoisotopic (exact) mass is 492 g/mol. The molecule has 0 spiro atoms. The van der Waals surface area contributed by atoms with Crippen molar-refractivity contribution >= 4 is 17.2 Å². The molecule has 2 heterocycles. The number of fused-ring (bicyclic) bond motifs is 1. The molecule has 1 aliphatic heterocycles. The van der Waals surface area contributed by atoms with Gasteiger partial charge in [0.05, 0.1) is 39.0 Å². The molecule has 1 aromatic heterocycles. The van der Waals surface area contributed by atoms with E-state index in [1.54, 1.807) is 25.6 Å². The molecule has 1 aliphatic rings. The second-order valence-electron chi connectivity index (χ2n) is 8.16. The van der Waals surface area contributed by atoms with E-state index in [1.807, 2.05) is 41.0 Å². The van der Waals surface area contributed by atoms with Crippen molar-refractivity contribution in [3.05, 3.63) is 46.2 Å². The summed E-state index contributed by atoms with van der Waals surface area (Å²) >= 11 is 1.72. The van der Waals surface area contributed by atoms with Gasteiger partial charge in [0.25, 0.3) is 0 Å². The van der Waals surface area contributed by atoms with Crippen LogP contribution in [-0.4, -0.2) is 93.7 Å². The van der Waals surface area contributed by atoms with E-state index in [4.69, 9.17) is 18.9 Å². The maximum atomic E-state index is 13.5. The minimum Gasteiger partial charge on any atom is -0.493 e. The second kappa shape index (κ2) is 13.7. The number of benzene rings is 1. The van der Waals surface area contributed by atoms with Crippen molar-refractivity contribution in [2.75, 3.05) is 66.8 Å². The molecule has 2 atom stereocenters. The summed E-state index contributed by atoms with van der Waals surface area (Å²) in [7, 11) is 3.24. The van der Waals surface area contributed by atoms with Gasteiger partial charge in [0.2, 0.25) is 5.91 Å². The molecular formula is C25H36N2O6S. The average molecular weight is 493 g/mol. The summed E-state index contributed by atoms with van der Waals surface area (Å²) < 4.78 is 22.1. The molecule has 2 aromatic rings. The number of rotatable bonds is 14. The van der Waals surface area contributed by atoms with Gasteiger partial charge in [-0.1, -0.05) is 12.1 Å². The highest BCUT2D eigenvalue weighted by Gasteiger charge is 2.33. The summed E-state index contributed by atoms with van der Waals surface area (Å²) in [5.74, 6) is 1.32. The first-order valence-electron chi connectivity index (χ1n) is 11.7. The lowest BCUT2D eigenvalue weighted by Gasteiger charge is -2.37. The smallest absolute Gasteiger partial charge is 0.237 e. The third-order valence-electron chi connectivity index (χ3n) is 5.83. The summed E-state index contributed by atoms with van der Waals surface area (Å²) in [6.45, 7) is 5.19. The topological polar surface area (TPSA) is 80.7 Å². The fourth-order valence-corrected chi connectivity index (χ4v) is 5.05. The van der Waals surface area contributed by atoms with Crippen molar-refractivity contribution in [1.82, 2.24) is 9.80 Å². The van der Waals surface area contributed by atoms with Crippen molar-refractivity contribution in [2.24, 2.45) is 0 Å². The Balaban J connectivity index is 1.71. The first kappa shape index (κ1) is 26.4. The van der Waals surface area contributed by atoms with E-state index >= 15 is 0 Å². The molecule has 1 N–H and O–H groups in total. The van der Waals surface area contributed by atoms with Crippen LogP contribution in [0.25, 0.3) is 0 Å². The number of nitrogens with zero attached hydrogens (tertiary/aromatic N) is 2. The standard InChI is InChI=1S/C25H36N2O6S/c1-4-32-17-19(28)15-26(12-13-30-2)16-25(29)27-11-9-24-20(10-14-34-24)21(27)18-33-23-8-6-5-7-22(23)31-3/h5-8,10,14,19,21,28H,4,9,11-13,15-18H2,1-3H3/t19-,21+/m1/s1. The van der Waals surface area contributed by atoms with Crippen LogP contribution in [0.5, 0.6) is 11.5 Å². The molecule has 0 fully saturated rings. The number of methoxy groups -OCH3 is 2. The van der Waals surface area contributed by atoms with Crippen molar-refractivity contribution in [3.63, 3.8) is 0 Å². The minimum atomic E-state index is -0.667. The molecule has 1 aromatic carbocycles. The molecule has 188 valence electrons. The number of aliphatic hydroxyl groups excluding tert-OH is 1. The lowest BCUT2D eigenvalue weighted by molar-refractivity contribution is -0.136. The fraction of sp³-hybridized carbons (Fsp3) is 0.560. The number of amides is 1. The lowest BCUT2D eigenvalue weighted by atomic mass is 10.0. The predicted octanol–water partition coefficient (Wildman–Crippen LogP) is 2.61. The number of carbonyl (C=O) groups excluding carboxylic acids is 1. The molecule has 34 heavy (non-hydrogen) atoms. The van der Waals surface area contributed by atoms with Crippen LogP contribution in [0.15, 0.2) is 35.7 Å². The highest BCUT2D eigenvalue weighted by Crippen LogP contribution is 2.35. The van der Waals surface area contributed by atoms with Crippen LogP contribution in [0.3, 0.4) is 0 Å². The molecule has 0 bridgehead atoms. The van der Waals surface area contributed by atoms with Crippen molar-refractivity contribution in [1.29, 1.82) is 0 Å². The van der Waals surface area contributed by atoms with Crippen LogP contribution >= 0.6 is 11.3 Å². The van der Waals surface area contributed by atoms with Crippen molar-refractivity contribution in [2.45, 2.75) is 25.5 Å². The lowest BCUT2D eigenvalue weighted by Crippen LogP contribution is -2.48. The zero-order valence-electron chi connectivity index (χ0n) is 20.3. The van der Waals surface area contributed by atoms with E-state index < -0.39 is 6.10 Å². The summed E-state index contributed by atoms with van der Waals surface area (Å²) in [6, 6.07) is 9.42. The number of ether oxygens (including phenoxy) is 4. The zero-order chi connectivity index (χ0) is 24.3. The summed E-state index contributed by atoms with van der Waals surface area (Å²) in [5, 5.41) is 12.4. The minimum absolute atomic E-state index is 0.00481. The van der Waals surface area contributed by atoms with Gasteiger partial charge in [-0.25, -0.2) is 0 Å². The number of aliphatic hydroxyl groups is 1. The van der Waals surface area contributed by atoms with Gasteiger partial charge in [-0.05, 0) is 42.5 Å². The zero-order valence-corrected chi connectivity index (χ0v) is 21.1. The molecule has 0 unspecified atom stereocenters. The number of thiophene rings is 1. The Bertz CT molecular complexity index is 892. The SMILES string of the molecule is CCOC[C@H](O)CN(CCOC)CC(=O)N1CCc2sccc2[C@@H]1COc1ccccc1OC. The first-order chi connectivity index (χ1) is 16.6. The fourth-order valence-electron chi connectivity index (χ4n) is 4.12. The van der Waals surface area contributed by atoms with Crippen LogP contribution in [-0.2, 0) is 20.7 Å². The van der Waals surface area contributed by atoms with E-state index in [0.29, 0.717) is 51.0 Å². The molecule has 0 radical (unpaired) electrons. The normalized spacial score (nSPS) is 16.4.